The van der Waals surface area contributed by atoms with E-state index in [0.29, 0.717) is 16.7 Å². The third-order valence-corrected chi connectivity index (χ3v) is 4.25. The third kappa shape index (κ3) is 2.76. The van der Waals surface area contributed by atoms with E-state index in [4.69, 9.17) is 16.3 Å². The van der Waals surface area contributed by atoms with Gasteiger partial charge in [-0.15, -0.1) is 0 Å². The molecule has 118 valence electrons. The Balaban J connectivity index is 2.05. The maximum Gasteiger partial charge on any atom is 0.322 e. The number of aryl methyl sites for hydroxylation is 1. The topological polar surface area (TPSA) is 63.6 Å². The van der Waals surface area contributed by atoms with Gasteiger partial charge >= 0.3 is 5.97 Å². The number of ether oxygens (including phenoxy) is 1. The second-order valence-electron chi connectivity index (χ2n) is 5.54. The number of benzene rings is 2. The molecule has 0 aliphatic carbocycles. The molecule has 1 saturated heterocycles. The highest BCUT2D eigenvalue weighted by molar-refractivity contribution is 6.32. The predicted molar refractivity (Wildman–Crippen MR) is 85.1 cm³/mol. The predicted octanol–water partition coefficient (Wildman–Crippen LogP) is 3.09. The largest absolute Gasteiger partial charge is 0.449 e. The molecule has 5 heteroatoms. The summed E-state index contributed by atoms with van der Waals surface area (Å²) in [7, 11) is 0. The van der Waals surface area contributed by atoms with E-state index in [0.717, 1.165) is 5.56 Å². The normalized spacial score (nSPS) is 20.7. The average Bonchev–Trinajstić information content (AvgIpc) is 2.83. The molecular formula is C18H15ClO4. The molecular weight excluding hydrogens is 316 g/mol. The van der Waals surface area contributed by atoms with Gasteiger partial charge in [-0.3, -0.25) is 9.59 Å². The summed E-state index contributed by atoms with van der Waals surface area (Å²) in [6, 6.07) is 12.3. The summed E-state index contributed by atoms with van der Waals surface area (Å²) < 4.78 is 5.28. The molecule has 0 saturated carbocycles. The number of cyclic esters (lactones) is 1. The minimum absolute atomic E-state index is 0.290. The zero-order chi connectivity index (χ0) is 16.6. The van der Waals surface area contributed by atoms with E-state index in [9.17, 15) is 14.7 Å². The monoisotopic (exact) mass is 330 g/mol. The van der Waals surface area contributed by atoms with E-state index in [1.54, 1.807) is 36.4 Å². The molecule has 0 radical (unpaired) electrons. The summed E-state index contributed by atoms with van der Waals surface area (Å²) in [4.78, 5) is 25.0. The quantitative estimate of drug-likeness (QED) is 0.694. The number of esters is 1. The number of aliphatic hydroxyl groups is 1. The van der Waals surface area contributed by atoms with Gasteiger partial charge in [-0.05, 0) is 29.7 Å². The lowest BCUT2D eigenvalue weighted by molar-refractivity contribution is -0.143. The van der Waals surface area contributed by atoms with E-state index < -0.39 is 18.0 Å². The highest BCUT2D eigenvalue weighted by Gasteiger charge is 2.46. The van der Waals surface area contributed by atoms with E-state index >= 15 is 0 Å². The molecule has 0 spiro atoms. The number of ketones is 1. The first-order chi connectivity index (χ1) is 11.0. The van der Waals surface area contributed by atoms with E-state index in [1.807, 2.05) is 13.0 Å². The van der Waals surface area contributed by atoms with Crippen LogP contribution in [0.3, 0.4) is 0 Å². The van der Waals surface area contributed by atoms with Crippen molar-refractivity contribution >= 4 is 23.4 Å². The van der Waals surface area contributed by atoms with Gasteiger partial charge in [0.25, 0.3) is 0 Å². The van der Waals surface area contributed by atoms with Crippen LogP contribution in [0.2, 0.25) is 5.02 Å². The van der Waals surface area contributed by atoms with Crippen molar-refractivity contribution in [1.82, 2.24) is 0 Å². The summed E-state index contributed by atoms with van der Waals surface area (Å²) in [5.41, 5.74) is 2.29. The summed E-state index contributed by atoms with van der Waals surface area (Å²) >= 11 is 6.25. The average molecular weight is 331 g/mol. The number of aliphatic hydroxyl groups excluding tert-OH is 1. The Bertz CT molecular complexity index is 770. The van der Waals surface area contributed by atoms with Crippen LogP contribution >= 0.6 is 11.6 Å². The third-order valence-electron chi connectivity index (χ3n) is 3.93. The Labute approximate surface area is 138 Å². The van der Waals surface area contributed by atoms with Gasteiger partial charge in [0.1, 0.15) is 5.92 Å². The molecule has 1 N–H and O–H groups in total. The van der Waals surface area contributed by atoms with Crippen molar-refractivity contribution in [2.75, 3.05) is 0 Å². The van der Waals surface area contributed by atoms with Gasteiger partial charge in [0.2, 0.25) is 0 Å². The van der Waals surface area contributed by atoms with Crippen LogP contribution in [0.1, 0.15) is 34.3 Å². The van der Waals surface area contributed by atoms with Crippen molar-refractivity contribution in [3.8, 4) is 0 Å². The van der Waals surface area contributed by atoms with Gasteiger partial charge in [0.15, 0.2) is 11.9 Å². The highest BCUT2D eigenvalue weighted by atomic mass is 35.5. The number of hydrogen-bond donors (Lipinski definition) is 1. The van der Waals surface area contributed by atoms with Crippen molar-refractivity contribution < 1.29 is 19.4 Å². The van der Waals surface area contributed by atoms with Crippen molar-refractivity contribution in [3.05, 3.63) is 69.7 Å². The molecule has 0 aromatic heterocycles. The number of carbonyl (C=O) groups is 2. The van der Waals surface area contributed by atoms with Crippen LogP contribution in [0.4, 0.5) is 0 Å². The Morgan fingerprint density at radius 1 is 1.17 bits per heavy atom. The molecule has 23 heavy (non-hydrogen) atoms. The zero-order valence-corrected chi connectivity index (χ0v) is 13.2. The second-order valence-corrected chi connectivity index (χ2v) is 5.95. The van der Waals surface area contributed by atoms with Gasteiger partial charge in [-0.25, -0.2) is 0 Å². The first-order valence-electron chi connectivity index (χ1n) is 7.22. The van der Waals surface area contributed by atoms with Crippen LogP contribution in [0.25, 0.3) is 0 Å². The molecule has 2 aromatic carbocycles. The zero-order valence-electron chi connectivity index (χ0n) is 12.5. The lowest BCUT2D eigenvalue weighted by Crippen LogP contribution is -2.17. The van der Waals surface area contributed by atoms with Crippen molar-refractivity contribution in [1.29, 1.82) is 0 Å². The van der Waals surface area contributed by atoms with Crippen LogP contribution in [-0.2, 0) is 20.9 Å². The molecule has 4 nitrogen and oxygen atoms in total. The minimum Gasteiger partial charge on any atom is -0.449 e. The van der Waals surface area contributed by atoms with Gasteiger partial charge in [0.05, 0.1) is 6.61 Å². The van der Waals surface area contributed by atoms with Crippen LogP contribution in [-0.4, -0.2) is 16.9 Å². The Morgan fingerprint density at radius 3 is 2.52 bits per heavy atom. The fourth-order valence-electron chi connectivity index (χ4n) is 2.91. The van der Waals surface area contributed by atoms with E-state index in [2.05, 4.69) is 0 Å². The minimum atomic E-state index is -1.10. The number of rotatable bonds is 3. The van der Waals surface area contributed by atoms with Crippen molar-refractivity contribution in [3.63, 3.8) is 0 Å². The van der Waals surface area contributed by atoms with Gasteiger partial charge in [-0.2, -0.15) is 0 Å². The van der Waals surface area contributed by atoms with E-state index in [-0.39, 0.29) is 17.4 Å². The Morgan fingerprint density at radius 2 is 1.87 bits per heavy atom. The molecule has 2 aromatic rings. The number of hydrogen-bond acceptors (Lipinski definition) is 4. The number of carbonyl (C=O) groups excluding carboxylic acids is 2. The lowest BCUT2D eigenvalue weighted by atomic mass is 9.88. The SMILES string of the molecule is Cc1cc(Cl)c(C2C(=O)OC(c3ccccc3)C2=O)c(CO)c1. The summed E-state index contributed by atoms with van der Waals surface area (Å²) in [6.45, 7) is 1.53. The fourth-order valence-corrected chi connectivity index (χ4v) is 3.31. The van der Waals surface area contributed by atoms with Crippen molar-refractivity contribution in [2.45, 2.75) is 25.6 Å². The maximum atomic E-state index is 12.7. The Hall–Kier alpha value is -2.17. The van der Waals surface area contributed by atoms with Crippen LogP contribution in [0.15, 0.2) is 42.5 Å². The maximum absolute atomic E-state index is 12.7. The van der Waals surface area contributed by atoms with Crippen molar-refractivity contribution in [2.24, 2.45) is 0 Å². The molecule has 1 aliphatic heterocycles. The summed E-state index contributed by atoms with van der Waals surface area (Å²) in [5.74, 6) is -2.10. The molecule has 3 rings (SSSR count). The summed E-state index contributed by atoms with van der Waals surface area (Å²) in [6.07, 6.45) is -0.933. The molecule has 0 amide bonds. The fraction of sp³-hybridized carbons (Fsp3) is 0.222. The first-order valence-corrected chi connectivity index (χ1v) is 7.59. The first kappa shape index (κ1) is 15.7. The van der Waals surface area contributed by atoms with E-state index in [1.165, 1.54) is 0 Å². The lowest BCUT2D eigenvalue weighted by Gasteiger charge is -2.14. The Kier molecular flexibility index (Phi) is 4.20. The van der Waals surface area contributed by atoms with Crippen LogP contribution < -0.4 is 0 Å². The number of Topliss-reactive ketones (excluding diaryl/α,β-unsaturated/α-hetero) is 1. The smallest absolute Gasteiger partial charge is 0.322 e. The van der Waals surface area contributed by atoms with Gasteiger partial charge in [0, 0.05) is 10.6 Å². The molecule has 1 fully saturated rings. The number of halogens is 1. The van der Waals surface area contributed by atoms with Crippen LogP contribution in [0, 0.1) is 6.92 Å². The summed E-state index contributed by atoms with van der Waals surface area (Å²) in [5, 5.41) is 9.85. The molecule has 1 heterocycles. The molecule has 2 unspecified atom stereocenters. The standard InChI is InChI=1S/C18H15ClO4/c1-10-7-12(9-20)14(13(19)8-10)15-16(21)17(23-18(15)22)11-5-3-2-4-6-11/h2-8,15,17,20H,9H2,1H3. The van der Waals surface area contributed by atoms with Crippen LogP contribution in [0.5, 0.6) is 0 Å². The molecule has 0 bridgehead atoms. The van der Waals surface area contributed by atoms with Gasteiger partial charge < -0.3 is 9.84 Å². The molecule has 1 aliphatic rings. The van der Waals surface area contributed by atoms with Gasteiger partial charge in [-0.1, -0.05) is 48.0 Å². The second kappa shape index (κ2) is 6.14. The molecule has 2 atom stereocenters. The highest BCUT2D eigenvalue weighted by Crippen LogP contribution is 2.40.